The summed E-state index contributed by atoms with van der Waals surface area (Å²) in [5, 5.41) is 17.2. The zero-order chi connectivity index (χ0) is 21.4. The van der Waals surface area contributed by atoms with Crippen LogP contribution < -0.4 is 10.1 Å². The zero-order valence-electron chi connectivity index (χ0n) is 16.9. The SMILES string of the molecule is CC1Cc2nn(C)c(C#N)c2-c2cccc(c2)O[C@H](C)c2cc(F)ccc2C(=O)N1. The molecule has 1 aliphatic rings. The van der Waals surface area contributed by atoms with Crippen LogP contribution in [0.5, 0.6) is 5.75 Å². The van der Waals surface area contributed by atoms with Crippen molar-refractivity contribution < 1.29 is 13.9 Å². The van der Waals surface area contributed by atoms with Crippen LogP contribution in [0.4, 0.5) is 4.39 Å². The Labute approximate surface area is 173 Å². The van der Waals surface area contributed by atoms with Gasteiger partial charge in [0.1, 0.15) is 29.4 Å². The number of nitrogens with zero attached hydrogens (tertiary/aromatic N) is 3. The molecule has 2 bridgehead atoms. The van der Waals surface area contributed by atoms with E-state index in [0.29, 0.717) is 34.7 Å². The molecule has 3 aromatic rings. The molecule has 30 heavy (non-hydrogen) atoms. The van der Waals surface area contributed by atoms with Crippen molar-refractivity contribution in [1.29, 1.82) is 5.26 Å². The smallest absolute Gasteiger partial charge is 0.251 e. The van der Waals surface area contributed by atoms with Crippen molar-refractivity contribution >= 4 is 5.91 Å². The van der Waals surface area contributed by atoms with Gasteiger partial charge in [-0.2, -0.15) is 10.4 Å². The molecule has 6 nitrogen and oxygen atoms in total. The zero-order valence-corrected chi connectivity index (χ0v) is 16.9. The average Bonchev–Trinajstić information content (AvgIpc) is 3.01. The number of carbonyl (C=O) groups excluding carboxylic acids is 1. The van der Waals surface area contributed by atoms with Crippen molar-refractivity contribution in [3.05, 3.63) is 70.8 Å². The van der Waals surface area contributed by atoms with Crippen LogP contribution >= 0.6 is 0 Å². The molecule has 4 rings (SSSR count). The van der Waals surface area contributed by atoms with Gasteiger partial charge in [0.15, 0.2) is 0 Å². The molecule has 0 saturated carbocycles. The molecule has 2 atom stereocenters. The maximum absolute atomic E-state index is 13.9. The first-order valence-electron chi connectivity index (χ1n) is 9.70. The van der Waals surface area contributed by atoms with Gasteiger partial charge in [0, 0.05) is 36.2 Å². The molecule has 1 amide bonds. The molecular formula is C23H21FN4O2. The number of rotatable bonds is 0. The third-order valence-corrected chi connectivity index (χ3v) is 5.23. The summed E-state index contributed by atoms with van der Waals surface area (Å²) < 4.78 is 21.6. The van der Waals surface area contributed by atoms with Crippen molar-refractivity contribution in [1.82, 2.24) is 15.1 Å². The first kappa shape index (κ1) is 19.6. The second-order valence-electron chi connectivity index (χ2n) is 7.50. The predicted molar refractivity (Wildman–Crippen MR) is 109 cm³/mol. The van der Waals surface area contributed by atoms with Crippen molar-refractivity contribution in [2.75, 3.05) is 0 Å². The lowest BCUT2D eigenvalue weighted by molar-refractivity contribution is 0.0935. The number of aryl methyl sites for hydroxylation is 1. The van der Waals surface area contributed by atoms with E-state index in [0.717, 1.165) is 11.1 Å². The van der Waals surface area contributed by atoms with Gasteiger partial charge in [-0.1, -0.05) is 12.1 Å². The van der Waals surface area contributed by atoms with Gasteiger partial charge in [-0.05, 0) is 49.7 Å². The first-order chi connectivity index (χ1) is 14.4. The standard InChI is InChI=1S/C23H21FN4O2/c1-13-9-20-22(21(12-25)28(3)27-20)15-5-4-6-17(10-15)30-14(2)19-11-16(24)7-8-18(19)23(29)26-13/h4-8,10-11,13-14H,9H2,1-3H3,(H,26,29)/t13?,14-/m1/s1. The van der Waals surface area contributed by atoms with Crippen LogP contribution in [0.1, 0.15) is 47.3 Å². The van der Waals surface area contributed by atoms with Crippen LogP contribution in [0, 0.1) is 17.1 Å². The molecule has 1 aliphatic heterocycles. The highest BCUT2D eigenvalue weighted by Gasteiger charge is 2.24. The molecule has 2 aromatic carbocycles. The van der Waals surface area contributed by atoms with Gasteiger partial charge in [0.25, 0.3) is 5.91 Å². The highest BCUT2D eigenvalue weighted by Crippen LogP contribution is 2.33. The molecule has 1 N–H and O–H groups in total. The second-order valence-corrected chi connectivity index (χ2v) is 7.50. The summed E-state index contributed by atoms with van der Waals surface area (Å²) in [6, 6.07) is 13.4. The summed E-state index contributed by atoms with van der Waals surface area (Å²) in [4.78, 5) is 12.9. The Kier molecular flexibility index (Phi) is 5.00. The molecule has 0 spiro atoms. The quantitative estimate of drug-likeness (QED) is 0.616. The van der Waals surface area contributed by atoms with Gasteiger partial charge in [0.05, 0.1) is 5.69 Å². The number of amides is 1. The van der Waals surface area contributed by atoms with E-state index in [1.165, 1.54) is 18.2 Å². The van der Waals surface area contributed by atoms with Gasteiger partial charge >= 0.3 is 0 Å². The third kappa shape index (κ3) is 3.52. The number of halogens is 1. The van der Waals surface area contributed by atoms with Crippen LogP contribution in [0.25, 0.3) is 11.1 Å². The predicted octanol–water partition coefficient (Wildman–Crippen LogP) is 3.91. The summed E-state index contributed by atoms with van der Waals surface area (Å²) in [5.74, 6) is -0.183. The summed E-state index contributed by atoms with van der Waals surface area (Å²) >= 11 is 0. The molecular weight excluding hydrogens is 383 g/mol. The van der Waals surface area contributed by atoms with Gasteiger partial charge in [-0.15, -0.1) is 0 Å². The number of fused-ring (bicyclic) bond motifs is 5. The van der Waals surface area contributed by atoms with Gasteiger partial charge < -0.3 is 10.1 Å². The molecule has 0 aliphatic carbocycles. The average molecular weight is 404 g/mol. The van der Waals surface area contributed by atoms with Crippen LogP contribution in [-0.4, -0.2) is 21.7 Å². The Hall–Kier alpha value is -3.66. The fourth-order valence-corrected chi connectivity index (χ4v) is 3.87. The fraction of sp³-hybridized carbons (Fsp3) is 0.261. The monoisotopic (exact) mass is 404 g/mol. The second kappa shape index (κ2) is 7.64. The minimum Gasteiger partial charge on any atom is -0.486 e. The number of ether oxygens (including phenoxy) is 1. The molecule has 7 heteroatoms. The minimum atomic E-state index is -0.559. The summed E-state index contributed by atoms with van der Waals surface area (Å²) in [7, 11) is 1.73. The molecule has 1 unspecified atom stereocenters. The molecule has 0 radical (unpaired) electrons. The van der Waals surface area contributed by atoms with Crippen molar-refractivity contribution in [2.45, 2.75) is 32.4 Å². The third-order valence-electron chi connectivity index (χ3n) is 5.23. The normalized spacial score (nSPS) is 18.4. The van der Waals surface area contributed by atoms with E-state index >= 15 is 0 Å². The first-order valence-corrected chi connectivity index (χ1v) is 9.70. The number of nitriles is 1. The number of benzene rings is 2. The lowest BCUT2D eigenvalue weighted by Crippen LogP contribution is -2.35. The Morgan fingerprint density at radius 2 is 2.07 bits per heavy atom. The molecule has 1 aromatic heterocycles. The van der Waals surface area contributed by atoms with E-state index < -0.39 is 11.9 Å². The molecule has 152 valence electrons. The fourth-order valence-electron chi connectivity index (χ4n) is 3.87. The number of aromatic nitrogens is 2. The van der Waals surface area contributed by atoms with Crippen LogP contribution in [-0.2, 0) is 13.5 Å². The van der Waals surface area contributed by atoms with Crippen molar-refractivity contribution in [2.24, 2.45) is 7.05 Å². The topological polar surface area (TPSA) is 79.9 Å². The number of hydrogen-bond acceptors (Lipinski definition) is 4. The van der Waals surface area contributed by atoms with E-state index in [4.69, 9.17) is 4.74 Å². The molecule has 0 saturated heterocycles. The summed E-state index contributed by atoms with van der Waals surface area (Å²) in [5.41, 5.74) is 3.52. The molecule has 2 heterocycles. The van der Waals surface area contributed by atoms with E-state index in [9.17, 15) is 14.4 Å². The number of carbonyl (C=O) groups is 1. The largest absolute Gasteiger partial charge is 0.486 e. The maximum Gasteiger partial charge on any atom is 0.251 e. The van der Waals surface area contributed by atoms with Crippen LogP contribution in [0.3, 0.4) is 0 Å². The van der Waals surface area contributed by atoms with Gasteiger partial charge in [0.2, 0.25) is 0 Å². The van der Waals surface area contributed by atoms with Gasteiger partial charge in [-0.3, -0.25) is 9.48 Å². The molecule has 0 fully saturated rings. The highest BCUT2D eigenvalue weighted by atomic mass is 19.1. The Morgan fingerprint density at radius 1 is 1.27 bits per heavy atom. The summed E-state index contributed by atoms with van der Waals surface area (Å²) in [6.45, 7) is 3.65. The van der Waals surface area contributed by atoms with Gasteiger partial charge in [-0.25, -0.2) is 4.39 Å². The van der Waals surface area contributed by atoms with Crippen molar-refractivity contribution in [3.63, 3.8) is 0 Å². The Balaban J connectivity index is 1.89. The highest BCUT2D eigenvalue weighted by molar-refractivity contribution is 5.96. The van der Waals surface area contributed by atoms with E-state index in [2.05, 4.69) is 16.5 Å². The Morgan fingerprint density at radius 3 is 2.83 bits per heavy atom. The van der Waals surface area contributed by atoms with Crippen molar-refractivity contribution in [3.8, 4) is 22.9 Å². The Bertz CT molecular complexity index is 1180. The maximum atomic E-state index is 13.9. The van der Waals surface area contributed by atoms with Crippen LogP contribution in [0.15, 0.2) is 42.5 Å². The number of hydrogen-bond donors (Lipinski definition) is 1. The lowest BCUT2D eigenvalue weighted by Gasteiger charge is -2.19. The van der Waals surface area contributed by atoms with E-state index in [1.54, 1.807) is 24.7 Å². The lowest BCUT2D eigenvalue weighted by atomic mass is 9.99. The number of nitrogens with one attached hydrogen (secondary N) is 1. The minimum absolute atomic E-state index is 0.254. The van der Waals surface area contributed by atoms with Crippen LogP contribution in [0.2, 0.25) is 0 Å². The summed E-state index contributed by atoms with van der Waals surface area (Å²) in [6.07, 6.45) is -0.120. The van der Waals surface area contributed by atoms with E-state index in [1.807, 2.05) is 25.1 Å². The van der Waals surface area contributed by atoms with E-state index in [-0.39, 0.29) is 11.9 Å².